The summed E-state index contributed by atoms with van der Waals surface area (Å²) in [5.41, 5.74) is -2.11. The van der Waals surface area contributed by atoms with Gasteiger partial charge in [0, 0.05) is 16.7 Å². The van der Waals surface area contributed by atoms with Crippen LogP contribution >= 0.6 is 11.6 Å². The predicted molar refractivity (Wildman–Crippen MR) is 72.9 cm³/mol. The molecule has 5 nitrogen and oxygen atoms in total. The minimum atomic E-state index is -4.58. The summed E-state index contributed by atoms with van der Waals surface area (Å²) in [6, 6.07) is 5.58. The zero-order chi connectivity index (χ0) is 17.4. The van der Waals surface area contributed by atoms with Crippen LogP contribution in [-0.4, -0.2) is 10.9 Å². The molecule has 0 aliphatic heterocycles. The number of aromatic carboxylic acids is 1. The summed E-state index contributed by atoms with van der Waals surface area (Å²) in [6.45, 7) is 0. The molecular formula is C14H6ClF3NO4-. The quantitative estimate of drug-likeness (QED) is 0.631. The Bertz CT molecular complexity index is 805. The van der Waals surface area contributed by atoms with Crippen LogP contribution in [0.1, 0.15) is 15.9 Å². The molecule has 0 amide bonds. The van der Waals surface area contributed by atoms with Gasteiger partial charge < -0.3 is 9.90 Å². The van der Waals surface area contributed by atoms with Gasteiger partial charge in [0.1, 0.15) is 0 Å². The van der Waals surface area contributed by atoms with Crippen molar-refractivity contribution < 1.29 is 28.0 Å². The first-order valence-corrected chi connectivity index (χ1v) is 6.36. The predicted octanol–water partition coefficient (Wildman–Crippen LogP) is 3.30. The summed E-state index contributed by atoms with van der Waals surface area (Å²) in [7, 11) is 0. The number of rotatable bonds is 3. The molecule has 0 atom stereocenters. The highest BCUT2D eigenvalue weighted by Gasteiger charge is 2.31. The van der Waals surface area contributed by atoms with Gasteiger partial charge in [0.15, 0.2) is 0 Å². The molecule has 0 aliphatic carbocycles. The summed E-state index contributed by atoms with van der Waals surface area (Å²) in [6.07, 6.45) is -4.58. The van der Waals surface area contributed by atoms with Gasteiger partial charge in [-0.15, -0.1) is 0 Å². The lowest BCUT2D eigenvalue weighted by Gasteiger charge is -2.11. The normalized spacial score (nSPS) is 11.3. The molecule has 120 valence electrons. The number of nitro benzene ring substituents is 1. The van der Waals surface area contributed by atoms with E-state index in [9.17, 15) is 33.2 Å². The van der Waals surface area contributed by atoms with E-state index in [-0.39, 0.29) is 16.1 Å². The molecule has 0 heterocycles. The highest BCUT2D eigenvalue weighted by Crippen LogP contribution is 2.36. The molecule has 0 N–H and O–H groups in total. The average Bonchev–Trinajstić information content (AvgIpc) is 2.45. The number of hydrogen-bond acceptors (Lipinski definition) is 4. The summed E-state index contributed by atoms with van der Waals surface area (Å²) in [5, 5.41) is 21.5. The van der Waals surface area contributed by atoms with Crippen molar-refractivity contribution in [3.63, 3.8) is 0 Å². The van der Waals surface area contributed by atoms with E-state index in [1.54, 1.807) is 0 Å². The van der Waals surface area contributed by atoms with Crippen LogP contribution in [0.3, 0.4) is 0 Å². The average molecular weight is 345 g/mol. The maximum atomic E-state index is 12.6. The lowest BCUT2D eigenvalue weighted by Crippen LogP contribution is -2.23. The van der Waals surface area contributed by atoms with E-state index in [1.807, 2.05) is 0 Å². The summed E-state index contributed by atoms with van der Waals surface area (Å²) >= 11 is 5.81. The van der Waals surface area contributed by atoms with E-state index < -0.39 is 33.9 Å². The highest BCUT2D eigenvalue weighted by atomic mass is 35.5. The van der Waals surface area contributed by atoms with Crippen LogP contribution in [0, 0.1) is 10.1 Å². The van der Waals surface area contributed by atoms with Gasteiger partial charge in [-0.05, 0) is 29.8 Å². The molecule has 0 saturated carbocycles. The third-order valence-corrected chi connectivity index (χ3v) is 3.33. The molecule has 0 fully saturated rings. The second-order valence-electron chi connectivity index (χ2n) is 4.47. The molecule has 0 spiro atoms. The number of benzene rings is 2. The molecule has 0 unspecified atom stereocenters. The number of nitro groups is 1. The number of carbonyl (C=O) groups is 1. The Morgan fingerprint density at radius 1 is 1.13 bits per heavy atom. The van der Waals surface area contributed by atoms with Crippen LogP contribution in [0.4, 0.5) is 18.9 Å². The number of alkyl halides is 3. The van der Waals surface area contributed by atoms with E-state index in [1.165, 1.54) is 6.07 Å². The largest absolute Gasteiger partial charge is 0.545 e. The first-order valence-electron chi connectivity index (χ1n) is 5.98. The number of halogens is 4. The van der Waals surface area contributed by atoms with Gasteiger partial charge in [-0.3, -0.25) is 10.1 Å². The highest BCUT2D eigenvalue weighted by molar-refractivity contribution is 6.33. The minimum absolute atomic E-state index is 0.108. The van der Waals surface area contributed by atoms with Crippen molar-refractivity contribution >= 4 is 23.3 Å². The summed E-state index contributed by atoms with van der Waals surface area (Å²) in [5.74, 6) is -1.78. The number of nitrogens with zero attached hydrogens (tertiary/aromatic N) is 1. The molecular weight excluding hydrogens is 339 g/mol. The third kappa shape index (κ3) is 3.42. The number of carboxylic acid groups (broad SMARTS) is 1. The van der Waals surface area contributed by atoms with Gasteiger partial charge in [0.2, 0.25) is 0 Å². The Morgan fingerprint density at radius 3 is 2.26 bits per heavy atom. The molecule has 9 heteroatoms. The van der Waals surface area contributed by atoms with Crippen LogP contribution in [0.2, 0.25) is 5.02 Å². The number of carboxylic acids is 1. The van der Waals surface area contributed by atoms with E-state index >= 15 is 0 Å². The van der Waals surface area contributed by atoms with E-state index in [0.717, 1.165) is 24.3 Å². The van der Waals surface area contributed by atoms with Crippen LogP contribution in [-0.2, 0) is 6.18 Å². The zero-order valence-electron chi connectivity index (χ0n) is 11.1. The van der Waals surface area contributed by atoms with Crippen LogP contribution < -0.4 is 5.11 Å². The molecule has 0 bridgehead atoms. The van der Waals surface area contributed by atoms with Gasteiger partial charge in [-0.2, -0.15) is 13.2 Å². The topological polar surface area (TPSA) is 83.3 Å². The SMILES string of the molecule is O=C([O-])c1cc(-c2ccc(C(F)(F)F)cc2Cl)ccc1[N+](=O)[O-]. The lowest BCUT2D eigenvalue weighted by molar-refractivity contribution is -0.385. The maximum absolute atomic E-state index is 12.6. The second kappa shape index (κ2) is 5.88. The van der Waals surface area contributed by atoms with Crippen molar-refractivity contribution in [2.75, 3.05) is 0 Å². The minimum Gasteiger partial charge on any atom is -0.545 e. The van der Waals surface area contributed by atoms with Gasteiger partial charge in [0.05, 0.1) is 22.0 Å². The molecule has 0 aromatic heterocycles. The Hall–Kier alpha value is -2.61. The molecule has 2 aromatic rings. The molecule has 0 aliphatic rings. The van der Waals surface area contributed by atoms with Gasteiger partial charge in [-0.25, -0.2) is 0 Å². The fraction of sp³-hybridized carbons (Fsp3) is 0.0714. The lowest BCUT2D eigenvalue weighted by atomic mass is 10.0. The number of hydrogen-bond donors (Lipinski definition) is 0. The first-order chi connectivity index (χ1) is 10.6. The summed E-state index contributed by atoms with van der Waals surface area (Å²) in [4.78, 5) is 20.8. The van der Waals surface area contributed by atoms with Gasteiger partial charge in [-0.1, -0.05) is 17.7 Å². The van der Waals surface area contributed by atoms with Crippen LogP contribution in [0.15, 0.2) is 36.4 Å². The maximum Gasteiger partial charge on any atom is 0.416 e. The third-order valence-electron chi connectivity index (χ3n) is 3.02. The molecule has 0 saturated heterocycles. The Balaban J connectivity index is 2.57. The Morgan fingerprint density at radius 2 is 1.78 bits per heavy atom. The summed E-state index contributed by atoms with van der Waals surface area (Å²) < 4.78 is 37.8. The van der Waals surface area contributed by atoms with Crippen molar-refractivity contribution in [1.29, 1.82) is 0 Å². The van der Waals surface area contributed by atoms with E-state index in [4.69, 9.17) is 11.6 Å². The monoisotopic (exact) mass is 344 g/mol. The number of carbonyl (C=O) groups excluding carboxylic acids is 1. The standard InChI is InChI=1S/C14H7ClF3NO4/c15-11-6-8(14(16,17)18)2-3-9(11)7-1-4-12(19(22)23)10(5-7)13(20)21/h1-6H,(H,20,21)/p-1. The first kappa shape index (κ1) is 16.8. The van der Waals surface area contributed by atoms with E-state index in [0.29, 0.717) is 6.07 Å². The molecule has 23 heavy (non-hydrogen) atoms. The van der Waals surface area contributed by atoms with Crippen molar-refractivity contribution in [3.05, 3.63) is 62.7 Å². The fourth-order valence-electron chi connectivity index (χ4n) is 1.95. The van der Waals surface area contributed by atoms with Gasteiger partial charge >= 0.3 is 6.18 Å². The Labute approximate surface area is 132 Å². The van der Waals surface area contributed by atoms with Crippen molar-refractivity contribution in [2.45, 2.75) is 6.18 Å². The van der Waals surface area contributed by atoms with Crippen molar-refractivity contribution in [1.82, 2.24) is 0 Å². The fourth-order valence-corrected chi connectivity index (χ4v) is 2.24. The van der Waals surface area contributed by atoms with Crippen LogP contribution in [0.5, 0.6) is 0 Å². The van der Waals surface area contributed by atoms with E-state index in [2.05, 4.69) is 0 Å². The van der Waals surface area contributed by atoms with Gasteiger partial charge in [0.25, 0.3) is 5.69 Å². The van der Waals surface area contributed by atoms with Crippen molar-refractivity contribution in [2.24, 2.45) is 0 Å². The smallest absolute Gasteiger partial charge is 0.416 e. The Kier molecular flexibility index (Phi) is 4.28. The molecule has 2 aromatic carbocycles. The van der Waals surface area contributed by atoms with Crippen LogP contribution in [0.25, 0.3) is 11.1 Å². The zero-order valence-corrected chi connectivity index (χ0v) is 11.8. The molecule has 0 radical (unpaired) electrons. The molecule has 2 rings (SSSR count). The van der Waals surface area contributed by atoms with Crippen molar-refractivity contribution in [3.8, 4) is 11.1 Å². The second-order valence-corrected chi connectivity index (χ2v) is 4.88.